The lowest BCUT2D eigenvalue weighted by Gasteiger charge is -1.99. The number of hydrogen-bond donors (Lipinski definition) is 1. The highest BCUT2D eigenvalue weighted by molar-refractivity contribution is 5.89. The molecule has 0 heterocycles. The number of ether oxygens (including phenoxy) is 1. The topological polar surface area (TPSA) is 63.6 Å². The van der Waals surface area contributed by atoms with Crippen molar-refractivity contribution >= 4 is 11.9 Å². The van der Waals surface area contributed by atoms with Gasteiger partial charge in [0.2, 0.25) is 0 Å². The molecule has 15 heavy (non-hydrogen) atoms. The van der Waals surface area contributed by atoms with Crippen LogP contribution in [-0.4, -0.2) is 23.7 Å². The molecule has 0 aliphatic carbocycles. The molecule has 0 spiro atoms. The van der Waals surface area contributed by atoms with E-state index < -0.39 is 5.97 Å². The van der Waals surface area contributed by atoms with Gasteiger partial charge < -0.3 is 9.84 Å². The van der Waals surface area contributed by atoms with Crippen LogP contribution in [0.3, 0.4) is 0 Å². The average molecular weight is 210 g/mol. The lowest BCUT2D eigenvalue weighted by molar-refractivity contribution is -0.134. The van der Waals surface area contributed by atoms with Crippen molar-refractivity contribution in [2.24, 2.45) is 0 Å². The Bertz CT molecular complexity index is 302. The van der Waals surface area contributed by atoms with E-state index >= 15 is 0 Å². The van der Waals surface area contributed by atoms with Gasteiger partial charge in [0, 0.05) is 6.92 Å². The third-order valence-corrected chi connectivity index (χ3v) is 1.28. The van der Waals surface area contributed by atoms with E-state index in [1.807, 2.05) is 18.2 Å². The van der Waals surface area contributed by atoms with E-state index in [1.165, 1.54) is 0 Å². The minimum Gasteiger partial charge on any atom is -0.481 e. The number of carbonyl (C=O) groups is 2. The van der Waals surface area contributed by atoms with Crippen LogP contribution in [0.25, 0.3) is 0 Å². The molecule has 0 fully saturated rings. The van der Waals surface area contributed by atoms with Crippen molar-refractivity contribution < 1.29 is 19.4 Å². The quantitative estimate of drug-likeness (QED) is 0.758. The number of hydrogen-bond acceptors (Lipinski definition) is 3. The number of benzene rings is 1. The maximum Gasteiger partial charge on any atom is 0.338 e. The van der Waals surface area contributed by atoms with Crippen LogP contribution in [0, 0.1) is 0 Å². The molecule has 0 unspecified atom stereocenters. The molecule has 0 aromatic heterocycles. The molecule has 4 nitrogen and oxygen atoms in total. The van der Waals surface area contributed by atoms with Crippen LogP contribution in [-0.2, 0) is 9.53 Å². The van der Waals surface area contributed by atoms with Crippen molar-refractivity contribution in [3.8, 4) is 0 Å². The Balaban J connectivity index is 0.000000423. The fourth-order valence-electron chi connectivity index (χ4n) is 0.789. The summed E-state index contributed by atoms with van der Waals surface area (Å²) in [5, 5.41) is 7.42. The van der Waals surface area contributed by atoms with E-state index in [4.69, 9.17) is 14.6 Å². The molecule has 4 heteroatoms. The number of carboxylic acid groups (broad SMARTS) is 1. The second-order valence-corrected chi connectivity index (χ2v) is 2.61. The van der Waals surface area contributed by atoms with Crippen LogP contribution in [0.5, 0.6) is 0 Å². The highest BCUT2D eigenvalue weighted by Crippen LogP contribution is 1.99. The molecule has 0 amide bonds. The summed E-state index contributed by atoms with van der Waals surface area (Å²) in [6.45, 7) is 3.30. The first-order chi connectivity index (χ1) is 7.07. The first kappa shape index (κ1) is 13.2. The third kappa shape index (κ3) is 7.25. The molecule has 1 N–H and O–H groups in total. The normalized spacial score (nSPS) is 8.40. The van der Waals surface area contributed by atoms with Gasteiger partial charge in [0.05, 0.1) is 12.2 Å². The van der Waals surface area contributed by atoms with Crippen LogP contribution in [0.4, 0.5) is 0 Å². The van der Waals surface area contributed by atoms with E-state index in [9.17, 15) is 4.79 Å². The number of esters is 1. The summed E-state index contributed by atoms with van der Waals surface area (Å²) in [6.07, 6.45) is 0. The molecule has 0 bridgehead atoms. The zero-order chi connectivity index (χ0) is 11.7. The van der Waals surface area contributed by atoms with Crippen molar-refractivity contribution in [3.05, 3.63) is 35.9 Å². The van der Waals surface area contributed by atoms with Gasteiger partial charge in [-0.25, -0.2) is 4.79 Å². The predicted molar refractivity (Wildman–Crippen MR) is 55.7 cm³/mol. The maximum atomic E-state index is 11.0. The molecular formula is C11H14O4. The van der Waals surface area contributed by atoms with Gasteiger partial charge in [0.25, 0.3) is 5.97 Å². The Labute approximate surface area is 88.5 Å². The number of aliphatic carboxylic acids is 1. The minimum atomic E-state index is -0.833. The Kier molecular flexibility index (Phi) is 6.63. The van der Waals surface area contributed by atoms with Crippen LogP contribution >= 0.6 is 0 Å². The van der Waals surface area contributed by atoms with Gasteiger partial charge >= 0.3 is 5.97 Å². The Morgan fingerprint density at radius 1 is 1.27 bits per heavy atom. The monoisotopic (exact) mass is 210 g/mol. The lowest BCUT2D eigenvalue weighted by atomic mass is 10.2. The molecule has 0 aliphatic rings. The standard InChI is InChI=1S/C9H10O2.C2H4O2/c1-2-11-9(10)8-6-4-3-5-7-8;1-2(3)4/h3-7H,2H2,1H3;1H3,(H,3,4). The summed E-state index contributed by atoms with van der Waals surface area (Å²) < 4.78 is 4.79. The summed E-state index contributed by atoms with van der Waals surface area (Å²) in [5.74, 6) is -1.09. The van der Waals surface area contributed by atoms with Gasteiger partial charge in [0.1, 0.15) is 0 Å². The zero-order valence-corrected chi connectivity index (χ0v) is 8.77. The first-order valence-electron chi connectivity index (χ1n) is 4.49. The molecule has 0 radical (unpaired) electrons. The van der Waals surface area contributed by atoms with Crippen molar-refractivity contribution in [2.75, 3.05) is 6.61 Å². The van der Waals surface area contributed by atoms with E-state index in [2.05, 4.69) is 0 Å². The van der Waals surface area contributed by atoms with Crippen LogP contribution in [0.2, 0.25) is 0 Å². The van der Waals surface area contributed by atoms with Gasteiger partial charge in [-0.1, -0.05) is 18.2 Å². The molecule has 1 rings (SSSR count). The fourth-order valence-corrected chi connectivity index (χ4v) is 0.789. The van der Waals surface area contributed by atoms with E-state index in [0.717, 1.165) is 6.92 Å². The molecule has 82 valence electrons. The number of carbonyl (C=O) groups excluding carboxylic acids is 1. The van der Waals surface area contributed by atoms with E-state index in [-0.39, 0.29) is 5.97 Å². The average Bonchev–Trinajstić information content (AvgIpc) is 2.19. The zero-order valence-electron chi connectivity index (χ0n) is 8.77. The van der Waals surface area contributed by atoms with Gasteiger partial charge in [-0.15, -0.1) is 0 Å². The largest absolute Gasteiger partial charge is 0.481 e. The Morgan fingerprint density at radius 2 is 1.73 bits per heavy atom. The summed E-state index contributed by atoms with van der Waals surface area (Å²) >= 11 is 0. The molecule has 0 saturated heterocycles. The van der Waals surface area contributed by atoms with E-state index in [0.29, 0.717) is 12.2 Å². The molecule has 1 aromatic rings. The van der Waals surface area contributed by atoms with Crippen LogP contribution < -0.4 is 0 Å². The maximum absolute atomic E-state index is 11.0. The molecule has 1 aromatic carbocycles. The summed E-state index contributed by atoms with van der Waals surface area (Å²) in [5.41, 5.74) is 0.606. The molecule has 0 saturated carbocycles. The van der Waals surface area contributed by atoms with Gasteiger partial charge in [-0.3, -0.25) is 4.79 Å². The van der Waals surface area contributed by atoms with Crippen LogP contribution in [0.1, 0.15) is 24.2 Å². The van der Waals surface area contributed by atoms with E-state index in [1.54, 1.807) is 19.1 Å². The third-order valence-electron chi connectivity index (χ3n) is 1.28. The molecule has 0 aliphatic heterocycles. The smallest absolute Gasteiger partial charge is 0.338 e. The molecule has 0 atom stereocenters. The predicted octanol–water partition coefficient (Wildman–Crippen LogP) is 1.95. The second kappa shape index (κ2) is 7.55. The second-order valence-electron chi connectivity index (χ2n) is 2.61. The van der Waals surface area contributed by atoms with Gasteiger partial charge in [-0.2, -0.15) is 0 Å². The van der Waals surface area contributed by atoms with Gasteiger partial charge in [-0.05, 0) is 19.1 Å². The fraction of sp³-hybridized carbons (Fsp3) is 0.273. The highest BCUT2D eigenvalue weighted by atomic mass is 16.5. The Hall–Kier alpha value is -1.84. The summed E-state index contributed by atoms with van der Waals surface area (Å²) in [7, 11) is 0. The van der Waals surface area contributed by atoms with Crippen molar-refractivity contribution in [1.82, 2.24) is 0 Å². The van der Waals surface area contributed by atoms with Gasteiger partial charge in [0.15, 0.2) is 0 Å². The highest BCUT2D eigenvalue weighted by Gasteiger charge is 2.02. The Morgan fingerprint density at radius 3 is 2.13 bits per heavy atom. The first-order valence-corrected chi connectivity index (χ1v) is 4.49. The van der Waals surface area contributed by atoms with Crippen molar-refractivity contribution in [2.45, 2.75) is 13.8 Å². The summed E-state index contributed by atoms with van der Waals surface area (Å²) in [4.78, 5) is 20.0. The van der Waals surface area contributed by atoms with Crippen molar-refractivity contribution in [1.29, 1.82) is 0 Å². The van der Waals surface area contributed by atoms with Crippen LogP contribution in [0.15, 0.2) is 30.3 Å². The lowest BCUT2D eigenvalue weighted by Crippen LogP contribution is -2.03. The summed E-state index contributed by atoms with van der Waals surface area (Å²) in [6, 6.07) is 8.96. The van der Waals surface area contributed by atoms with Crippen molar-refractivity contribution in [3.63, 3.8) is 0 Å². The number of rotatable bonds is 2. The number of carboxylic acids is 1. The SMILES string of the molecule is CC(=O)O.CCOC(=O)c1ccccc1. The molecular weight excluding hydrogens is 196 g/mol. The minimum absolute atomic E-state index is 0.256.